The fourth-order valence-electron chi connectivity index (χ4n) is 4.77. The summed E-state index contributed by atoms with van der Waals surface area (Å²) in [5.74, 6) is -0.324. The van der Waals surface area contributed by atoms with E-state index in [1.807, 2.05) is 39.0 Å². The minimum atomic E-state index is -3.94. The molecule has 0 spiro atoms. The van der Waals surface area contributed by atoms with E-state index in [-0.39, 0.29) is 23.4 Å². The topological polar surface area (TPSA) is 66.5 Å². The van der Waals surface area contributed by atoms with Gasteiger partial charge in [0.2, 0.25) is 5.91 Å². The van der Waals surface area contributed by atoms with E-state index in [1.54, 1.807) is 30.3 Å². The Morgan fingerprint density at radius 3 is 2.37 bits per heavy atom. The summed E-state index contributed by atoms with van der Waals surface area (Å²) < 4.78 is 28.6. The molecule has 0 aliphatic heterocycles. The molecule has 0 saturated carbocycles. The van der Waals surface area contributed by atoms with E-state index < -0.39 is 10.0 Å². The van der Waals surface area contributed by atoms with Gasteiger partial charge in [0.05, 0.1) is 16.6 Å². The summed E-state index contributed by atoms with van der Waals surface area (Å²) in [7, 11) is -3.94. The summed E-state index contributed by atoms with van der Waals surface area (Å²) in [5.41, 5.74) is 6.09. The largest absolute Gasteiger partial charge is 0.348 e. The average molecular weight is 491 g/mol. The Kier molecular flexibility index (Phi) is 7.60. The molecule has 3 aromatic carbocycles. The minimum absolute atomic E-state index is 0.162. The Hall–Kier alpha value is -3.12. The molecule has 1 aliphatic rings. The quantitative estimate of drug-likeness (QED) is 0.444. The van der Waals surface area contributed by atoms with Crippen molar-refractivity contribution in [3.05, 3.63) is 94.5 Å². The molecule has 1 N–H and O–H groups in total. The van der Waals surface area contributed by atoms with Crippen molar-refractivity contribution in [1.29, 1.82) is 0 Å². The minimum Gasteiger partial charge on any atom is -0.348 e. The lowest BCUT2D eigenvalue weighted by Gasteiger charge is -2.27. The van der Waals surface area contributed by atoms with Gasteiger partial charge in [-0.25, -0.2) is 8.42 Å². The number of fused-ring (bicyclic) bond motifs is 1. The van der Waals surface area contributed by atoms with Crippen molar-refractivity contribution in [3.8, 4) is 0 Å². The van der Waals surface area contributed by atoms with Gasteiger partial charge in [0.1, 0.15) is 6.54 Å². The van der Waals surface area contributed by atoms with Crippen LogP contribution < -0.4 is 9.62 Å². The number of nitrogens with one attached hydrogen (secondary N) is 1. The fraction of sp³-hybridized carbons (Fsp3) is 0.345. The van der Waals surface area contributed by atoms with Gasteiger partial charge in [0.15, 0.2) is 0 Å². The van der Waals surface area contributed by atoms with Crippen molar-refractivity contribution >= 4 is 21.6 Å². The molecule has 0 fully saturated rings. The van der Waals surface area contributed by atoms with Crippen molar-refractivity contribution in [2.75, 3.05) is 10.8 Å². The Morgan fingerprint density at radius 2 is 1.66 bits per heavy atom. The summed E-state index contributed by atoms with van der Waals surface area (Å²) in [5, 5.41) is 3.10. The first-order chi connectivity index (χ1) is 16.8. The molecule has 0 aromatic heterocycles. The third kappa shape index (κ3) is 5.59. The third-order valence-corrected chi connectivity index (χ3v) is 8.54. The number of sulfonamides is 1. The fourth-order valence-corrected chi connectivity index (χ4v) is 6.27. The standard InChI is InChI=1S/C29H34N2O3S/c1-4-27(25-17-16-23-10-8-9-11-24(23)19-25)30-29(32)20-31(28-18-21(2)14-15-22(28)3)35(33,34)26-12-6-5-7-13-26/h5-7,12-19,27H,4,8-11,20H2,1-3H3,(H,30,32)/t27-/m1/s1. The summed E-state index contributed by atoms with van der Waals surface area (Å²) in [6, 6.07) is 20.3. The number of hydrogen-bond acceptors (Lipinski definition) is 3. The molecule has 0 saturated heterocycles. The Bertz CT molecular complexity index is 1300. The number of hydrogen-bond donors (Lipinski definition) is 1. The van der Waals surface area contributed by atoms with Gasteiger partial charge < -0.3 is 5.32 Å². The maximum Gasteiger partial charge on any atom is 0.264 e. The van der Waals surface area contributed by atoms with Crippen molar-refractivity contribution in [2.24, 2.45) is 0 Å². The van der Waals surface area contributed by atoms with Crippen LogP contribution in [0.15, 0.2) is 71.6 Å². The van der Waals surface area contributed by atoms with E-state index >= 15 is 0 Å². The molecule has 3 aromatic rings. The van der Waals surface area contributed by atoms with Crippen molar-refractivity contribution in [2.45, 2.75) is 63.8 Å². The van der Waals surface area contributed by atoms with Crippen LogP contribution in [0.5, 0.6) is 0 Å². The normalized spacial score (nSPS) is 14.1. The van der Waals surface area contributed by atoms with Crippen molar-refractivity contribution in [1.82, 2.24) is 5.32 Å². The lowest BCUT2D eigenvalue weighted by Crippen LogP contribution is -2.42. The van der Waals surface area contributed by atoms with E-state index in [0.717, 1.165) is 36.0 Å². The molecule has 5 nitrogen and oxygen atoms in total. The zero-order chi connectivity index (χ0) is 25.0. The molecular weight excluding hydrogens is 456 g/mol. The second-order valence-electron chi connectivity index (χ2n) is 9.38. The zero-order valence-electron chi connectivity index (χ0n) is 20.8. The van der Waals surface area contributed by atoms with Gasteiger partial charge >= 0.3 is 0 Å². The van der Waals surface area contributed by atoms with Crippen LogP contribution in [0.2, 0.25) is 0 Å². The number of carbonyl (C=O) groups is 1. The number of anilines is 1. The monoisotopic (exact) mass is 490 g/mol. The molecule has 0 bridgehead atoms. The molecule has 1 amide bonds. The van der Waals surface area contributed by atoms with Gasteiger partial charge in [0, 0.05) is 0 Å². The second-order valence-corrected chi connectivity index (χ2v) is 11.2. The highest BCUT2D eigenvalue weighted by molar-refractivity contribution is 7.92. The molecular formula is C29H34N2O3S. The van der Waals surface area contributed by atoms with Gasteiger partial charge in [0.25, 0.3) is 10.0 Å². The van der Waals surface area contributed by atoms with E-state index in [2.05, 4.69) is 23.5 Å². The Labute approximate surface area is 209 Å². The van der Waals surface area contributed by atoms with E-state index in [9.17, 15) is 13.2 Å². The first kappa shape index (κ1) is 25.0. The predicted octanol–water partition coefficient (Wildman–Crippen LogP) is 5.65. The highest BCUT2D eigenvalue weighted by atomic mass is 32.2. The molecule has 0 radical (unpaired) electrons. The number of nitrogens with zero attached hydrogens (tertiary/aromatic N) is 1. The lowest BCUT2D eigenvalue weighted by atomic mass is 9.89. The number of rotatable bonds is 8. The van der Waals surface area contributed by atoms with Gasteiger partial charge in [-0.05, 0) is 92.0 Å². The molecule has 0 unspecified atom stereocenters. The van der Waals surface area contributed by atoms with Crippen LogP contribution >= 0.6 is 0 Å². The number of aryl methyl sites for hydroxylation is 4. The van der Waals surface area contributed by atoms with Crippen LogP contribution in [0.3, 0.4) is 0 Å². The Balaban J connectivity index is 1.62. The molecule has 1 atom stereocenters. The summed E-state index contributed by atoms with van der Waals surface area (Å²) >= 11 is 0. The lowest BCUT2D eigenvalue weighted by molar-refractivity contribution is -0.120. The SMILES string of the molecule is CC[C@@H](NC(=O)CN(c1cc(C)ccc1C)S(=O)(=O)c1ccccc1)c1ccc2c(c1)CCCC2. The molecule has 4 rings (SSSR count). The van der Waals surface area contributed by atoms with E-state index in [1.165, 1.54) is 28.3 Å². The Morgan fingerprint density at radius 1 is 0.943 bits per heavy atom. The molecule has 6 heteroatoms. The van der Waals surface area contributed by atoms with Gasteiger partial charge in [-0.1, -0.05) is 55.5 Å². The molecule has 1 aliphatic carbocycles. The summed E-state index contributed by atoms with van der Waals surface area (Å²) in [4.78, 5) is 13.5. The molecule has 184 valence electrons. The third-order valence-electron chi connectivity index (χ3n) is 6.77. The molecule has 0 heterocycles. The van der Waals surface area contributed by atoms with Gasteiger partial charge in [-0.15, -0.1) is 0 Å². The van der Waals surface area contributed by atoms with Crippen molar-refractivity contribution < 1.29 is 13.2 Å². The van der Waals surface area contributed by atoms with Crippen LogP contribution in [-0.2, 0) is 27.7 Å². The van der Waals surface area contributed by atoms with Gasteiger partial charge in [-0.2, -0.15) is 0 Å². The maximum absolute atomic E-state index is 13.7. The van der Waals surface area contributed by atoms with E-state index in [0.29, 0.717) is 5.69 Å². The average Bonchev–Trinajstić information content (AvgIpc) is 2.87. The van der Waals surface area contributed by atoms with Crippen LogP contribution in [0, 0.1) is 13.8 Å². The number of benzene rings is 3. The van der Waals surface area contributed by atoms with Crippen molar-refractivity contribution in [3.63, 3.8) is 0 Å². The van der Waals surface area contributed by atoms with Gasteiger partial charge in [-0.3, -0.25) is 9.10 Å². The van der Waals surface area contributed by atoms with Crippen LogP contribution in [-0.4, -0.2) is 20.9 Å². The maximum atomic E-state index is 13.7. The predicted molar refractivity (Wildman–Crippen MR) is 141 cm³/mol. The van der Waals surface area contributed by atoms with Crippen LogP contribution in [0.4, 0.5) is 5.69 Å². The summed E-state index contributed by atoms with van der Waals surface area (Å²) in [6.45, 7) is 5.53. The highest BCUT2D eigenvalue weighted by Crippen LogP contribution is 2.29. The van der Waals surface area contributed by atoms with Crippen LogP contribution in [0.25, 0.3) is 0 Å². The smallest absolute Gasteiger partial charge is 0.264 e. The highest BCUT2D eigenvalue weighted by Gasteiger charge is 2.29. The number of carbonyl (C=O) groups excluding carboxylic acids is 1. The first-order valence-corrected chi connectivity index (χ1v) is 13.8. The zero-order valence-corrected chi connectivity index (χ0v) is 21.6. The summed E-state index contributed by atoms with van der Waals surface area (Å²) in [6.07, 6.45) is 5.33. The molecule has 35 heavy (non-hydrogen) atoms. The first-order valence-electron chi connectivity index (χ1n) is 12.4. The number of amides is 1. The van der Waals surface area contributed by atoms with Crippen LogP contribution in [0.1, 0.15) is 60.0 Å². The van der Waals surface area contributed by atoms with E-state index in [4.69, 9.17) is 0 Å². The second kappa shape index (κ2) is 10.6.